The van der Waals surface area contributed by atoms with Gasteiger partial charge in [-0.15, -0.1) is 0 Å². The van der Waals surface area contributed by atoms with Crippen LogP contribution in [0.3, 0.4) is 0 Å². The molecule has 0 aliphatic heterocycles. The van der Waals surface area contributed by atoms with Gasteiger partial charge in [0.25, 0.3) is 0 Å². The first kappa shape index (κ1) is 14.2. The summed E-state index contributed by atoms with van der Waals surface area (Å²) in [5, 5.41) is 7.37. The van der Waals surface area contributed by atoms with Gasteiger partial charge >= 0.3 is 0 Å². The second kappa shape index (κ2) is 6.30. The molecule has 0 fully saturated rings. The molecule has 0 bridgehead atoms. The number of rotatable bonds is 5. The van der Waals surface area contributed by atoms with Gasteiger partial charge in [-0.1, -0.05) is 40.1 Å². The summed E-state index contributed by atoms with van der Waals surface area (Å²) in [5.41, 5.74) is 2.14. The Morgan fingerprint density at radius 1 is 1.42 bits per heavy atom. The molecule has 0 aliphatic carbocycles. The molecule has 0 saturated carbocycles. The van der Waals surface area contributed by atoms with Gasteiger partial charge in [0, 0.05) is 10.0 Å². The lowest BCUT2D eigenvalue weighted by atomic mass is 10.1. The van der Waals surface area contributed by atoms with Gasteiger partial charge in [0.2, 0.25) is 11.7 Å². The lowest BCUT2D eigenvalue weighted by Crippen LogP contribution is -2.19. The fourth-order valence-corrected chi connectivity index (χ4v) is 2.09. The van der Waals surface area contributed by atoms with Gasteiger partial charge in [0.05, 0.1) is 6.04 Å². The third-order valence-electron chi connectivity index (χ3n) is 2.94. The minimum Gasteiger partial charge on any atom is -0.337 e. The Labute approximate surface area is 121 Å². The molecule has 1 N–H and O–H groups in total. The quantitative estimate of drug-likeness (QED) is 0.907. The molecule has 19 heavy (non-hydrogen) atoms. The number of halogens is 1. The molecule has 2 rings (SSSR count). The maximum absolute atomic E-state index is 5.31. The molecule has 1 aromatic carbocycles. The van der Waals surface area contributed by atoms with Crippen LogP contribution in [0.25, 0.3) is 11.4 Å². The molecule has 0 aliphatic rings. The Hall–Kier alpha value is -1.20. The molecular weight excluding hydrogens is 306 g/mol. The molecule has 0 saturated heterocycles. The lowest BCUT2D eigenvalue weighted by Gasteiger charge is -2.06. The second-order valence-corrected chi connectivity index (χ2v) is 5.45. The van der Waals surface area contributed by atoms with Crippen molar-refractivity contribution in [3.05, 3.63) is 34.1 Å². The number of hydrogen-bond donors (Lipinski definition) is 1. The molecule has 0 amide bonds. The van der Waals surface area contributed by atoms with E-state index >= 15 is 0 Å². The minimum atomic E-state index is 0.0788. The number of nitrogens with one attached hydrogen (secondary N) is 1. The normalized spacial score (nSPS) is 12.6. The zero-order valence-electron chi connectivity index (χ0n) is 11.4. The molecule has 2 aromatic rings. The molecule has 4 nitrogen and oxygen atoms in total. The first-order valence-electron chi connectivity index (χ1n) is 6.45. The van der Waals surface area contributed by atoms with Gasteiger partial charge in [0.15, 0.2) is 0 Å². The van der Waals surface area contributed by atoms with Crippen molar-refractivity contribution in [2.24, 2.45) is 0 Å². The Morgan fingerprint density at radius 2 is 2.21 bits per heavy atom. The van der Waals surface area contributed by atoms with E-state index in [2.05, 4.69) is 38.3 Å². The van der Waals surface area contributed by atoms with Crippen LogP contribution in [-0.4, -0.2) is 16.7 Å². The number of hydrogen-bond acceptors (Lipinski definition) is 4. The maximum Gasteiger partial charge on any atom is 0.243 e. The van der Waals surface area contributed by atoms with Crippen molar-refractivity contribution in [3.63, 3.8) is 0 Å². The highest BCUT2D eigenvalue weighted by Crippen LogP contribution is 2.24. The minimum absolute atomic E-state index is 0.0788. The summed E-state index contributed by atoms with van der Waals surface area (Å²) >= 11 is 3.51. The molecule has 0 spiro atoms. The Morgan fingerprint density at radius 3 is 2.89 bits per heavy atom. The van der Waals surface area contributed by atoms with Crippen LogP contribution in [0.15, 0.2) is 27.2 Å². The first-order chi connectivity index (χ1) is 9.11. The van der Waals surface area contributed by atoms with Crippen LogP contribution in [0, 0.1) is 6.92 Å². The number of aryl methyl sites for hydroxylation is 1. The monoisotopic (exact) mass is 323 g/mol. The van der Waals surface area contributed by atoms with Crippen molar-refractivity contribution in [1.82, 2.24) is 15.5 Å². The van der Waals surface area contributed by atoms with E-state index in [9.17, 15) is 0 Å². The van der Waals surface area contributed by atoms with E-state index in [0.29, 0.717) is 11.7 Å². The zero-order valence-corrected chi connectivity index (χ0v) is 13.0. The van der Waals surface area contributed by atoms with Crippen LogP contribution in [0.4, 0.5) is 0 Å². The van der Waals surface area contributed by atoms with Crippen LogP contribution in [-0.2, 0) is 0 Å². The van der Waals surface area contributed by atoms with E-state index in [0.717, 1.165) is 23.0 Å². The van der Waals surface area contributed by atoms with Crippen LogP contribution in [0.5, 0.6) is 0 Å². The average molecular weight is 324 g/mol. The van der Waals surface area contributed by atoms with Crippen LogP contribution in [0.1, 0.15) is 37.8 Å². The molecule has 5 heteroatoms. The lowest BCUT2D eigenvalue weighted by molar-refractivity contribution is 0.340. The number of aromatic nitrogens is 2. The van der Waals surface area contributed by atoms with E-state index in [4.69, 9.17) is 4.52 Å². The van der Waals surface area contributed by atoms with Gasteiger partial charge in [-0.2, -0.15) is 4.98 Å². The van der Waals surface area contributed by atoms with Crippen molar-refractivity contribution < 1.29 is 4.52 Å². The molecule has 102 valence electrons. The highest BCUT2D eigenvalue weighted by Gasteiger charge is 2.14. The van der Waals surface area contributed by atoms with Crippen LogP contribution < -0.4 is 5.32 Å². The second-order valence-electron chi connectivity index (χ2n) is 4.60. The topological polar surface area (TPSA) is 51.0 Å². The fraction of sp³-hybridized carbons (Fsp3) is 0.429. The van der Waals surface area contributed by atoms with Crippen molar-refractivity contribution >= 4 is 15.9 Å². The summed E-state index contributed by atoms with van der Waals surface area (Å²) in [4.78, 5) is 4.44. The SMILES string of the molecule is CCCNC(C)c1nc(-c2ccc(C)c(Br)c2)no1. The first-order valence-corrected chi connectivity index (χ1v) is 7.24. The van der Waals surface area contributed by atoms with Crippen LogP contribution >= 0.6 is 15.9 Å². The van der Waals surface area contributed by atoms with E-state index < -0.39 is 0 Å². The zero-order chi connectivity index (χ0) is 13.8. The van der Waals surface area contributed by atoms with E-state index in [1.807, 2.05) is 32.0 Å². The number of benzene rings is 1. The highest BCUT2D eigenvalue weighted by molar-refractivity contribution is 9.10. The average Bonchev–Trinajstić information content (AvgIpc) is 2.89. The smallest absolute Gasteiger partial charge is 0.243 e. The Balaban J connectivity index is 2.18. The molecule has 1 heterocycles. The van der Waals surface area contributed by atoms with Gasteiger partial charge in [-0.3, -0.25) is 0 Å². The van der Waals surface area contributed by atoms with Crippen LogP contribution in [0.2, 0.25) is 0 Å². The molecular formula is C14H18BrN3O. The van der Waals surface area contributed by atoms with Crippen molar-refractivity contribution in [3.8, 4) is 11.4 Å². The summed E-state index contributed by atoms with van der Waals surface area (Å²) in [7, 11) is 0. The largest absolute Gasteiger partial charge is 0.337 e. The van der Waals surface area contributed by atoms with Crippen molar-refractivity contribution in [2.75, 3.05) is 6.54 Å². The Bertz CT molecular complexity index is 553. The van der Waals surface area contributed by atoms with Gasteiger partial charge < -0.3 is 9.84 Å². The molecule has 0 radical (unpaired) electrons. The summed E-state index contributed by atoms with van der Waals surface area (Å²) in [6.45, 7) is 7.14. The third-order valence-corrected chi connectivity index (χ3v) is 3.80. The standard InChI is InChI=1S/C14H18BrN3O/c1-4-7-16-10(3)14-17-13(18-19-14)11-6-5-9(2)12(15)8-11/h5-6,8,10,16H,4,7H2,1-3H3. The van der Waals surface area contributed by atoms with E-state index in [1.165, 1.54) is 5.56 Å². The van der Waals surface area contributed by atoms with Crippen molar-refractivity contribution in [1.29, 1.82) is 0 Å². The van der Waals surface area contributed by atoms with Gasteiger partial charge in [-0.25, -0.2) is 0 Å². The highest BCUT2D eigenvalue weighted by atomic mass is 79.9. The van der Waals surface area contributed by atoms with Gasteiger partial charge in [-0.05, 0) is 38.4 Å². The fourth-order valence-electron chi connectivity index (χ4n) is 1.71. The van der Waals surface area contributed by atoms with E-state index in [1.54, 1.807) is 0 Å². The van der Waals surface area contributed by atoms with Gasteiger partial charge in [0.1, 0.15) is 0 Å². The third kappa shape index (κ3) is 3.42. The summed E-state index contributed by atoms with van der Waals surface area (Å²) in [6, 6.07) is 6.12. The number of nitrogens with zero attached hydrogens (tertiary/aromatic N) is 2. The maximum atomic E-state index is 5.31. The Kier molecular flexibility index (Phi) is 4.71. The summed E-state index contributed by atoms with van der Waals surface area (Å²) < 4.78 is 6.36. The summed E-state index contributed by atoms with van der Waals surface area (Å²) in [5.74, 6) is 1.25. The molecule has 1 aromatic heterocycles. The predicted octanol–water partition coefficient (Wildman–Crippen LogP) is 3.87. The van der Waals surface area contributed by atoms with Crippen molar-refractivity contribution in [2.45, 2.75) is 33.2 Å². The summed E-state index contributed by atoms with van der Waals surface area (Å²) in [6.07, 6.45) is 1.08. The molecule has 1 unspecified atom stereocenters. The van der Waals surface area contributed by atoms with E-state index in [-0.39, 0.29) is 6.04 Å². The predicted molar refractivity (Wildman–Crippen MR) is 78.9 cm³/mol. The molecule has 1 atom stereocenters.